The number of piperidine rings is 1. The third-order valence-electron chi connectivity index (χ3n) is 6.21. The van der Waals surface area contributed by atoms with Gasteiger partial charge in [0.25, 0.3) is 0 Å². The number of rotatable bonds is 6. The summed E-state index contributed by atoms with van der Waals surface area (Å²) in [5.74, 6) is 3.65. The third-order valence-corrected chi connectivity index (χ3v) is 6.83. The van der Waals surface area contributed by atoms with Crippen molar-refractivity contribution in [1.82, 2.24) is 4.90 Å². The number of ether oxygens (including phenoxy) is 3. The quantitative estimate of drug-likeness (QED) is 0.590. The number of halogens is 2. The van der Waals surface area contributed by atoms with E-state index in [1.165, 1.54) is 24.9 Å². The topological polar surface area (TPSA) is 30.9 Å². The predicted molar refractivity (Wildman–Crippen MR) is 112 cm³/mol. The van der Waals surface area contributed by atoms with Crippen LogP contribution in [0.5, 0.6) is 17.2 Å². The zero-order valence-electron chi connectivity index (χ0n) is 16.3. The first-order valence-electron chi connectivity index (χ1n) is 10.4. The second-order valence-electron chi connectivity index (χ2n) is 8.36. The van der Waals surface area contributed by atoms with E-state index in [-0.39, 0.29) is 12.6 Å². The number of hydrogen-bond donors (Lipinski definition) is 0. The SMILES string of the molecule is Fc1ccc([C@@H]2CCN(CC3CC3)C[C@H]2COc2cc3c(cc2Br)OCO3)cc1. The maximum atomic E-state index is 13.4. The van der Waals surface area contributed by atoms with E-state index in [2.05, 4.69) is 20.8 Å². The molecular weight excluding hydrogens is 437 g/mol. The molecule has 154 valence electrons. The maximum Gasteiger partial charge on any atom is 0.231 e. The molecule has 1 saturated heterocycles. The molecule has 2 aromatic carbocycles. The first-order valence-corrected chi connectivity index (χ1v) is 11.1. The van der Waals surface area contributed by atoms with Crippen LogP contribution in [-0.2, 0) is 0 Å². The highest BCUT2D eigenvalue weighted by atomic mass is 79.9. The lowest BCUT2D eigenvalue weighted by Crippen LogP contribution is -2.42. The van der Waals surface area contributed by atoms with E-state index in [9.17, 15) is 4.39 Å². The maximum absolute atomic E-state index is 13.4. The average molecular weight is 462 g/mol. The van der Waals surface area contributed by atoms with Gasteiger partial charge in [0.15, 0.2) is 11.5 Å². The van der Waals surface area contributed by atoms with Crippen molar-refractivity contribution in [3.63, 3.8) is 0 Å². The lowest BCUT2D eigenvalue weighted by molar-refractivity contribution is 0.107. The highest BCUT2D eigenvalue weighted by Gasteiger charge is 2.34. The summed E-state index contributed by atoms with van der Waals surface area (Å²) in [6.45, 7) is 4.17. The molecule has 6 heteroatoms. The summed E-state index contributed by atoms with van der Waals surface area (Å²) in [6, 6.07) is 10.8. The Morgan fingerprint density at radius 2 is 1.83 bits per heavy atom. The van der Waals surface area contributed by atoms with E-state index in [0.717, 1.165) is 47.1 Å². The molecule has 2 atom stereocenters. The normalized spacial score (nSPS) is 23.9. The lowest BCUT2D eigenvalue weighted by atomic mass is 9.80. The summed E-state index contributed by atoms with van der Waals surface area (Å²) in [7, 11) is 0. The number of fused-ring (bicyclic) bond motifs is 1. The second-order valence-corrected chi connectivity index (χ2v) is 9.21. The molecule has 29 heavy (non-hydrogen) atoms. The van der Waals surface area contributed by atoms with Crippen LogP contribution in [-0.4, -0.2) is 37.9 Å². The number of hydrogen-bond acceptors (Lipinski definition) is 4. The summed E-state index contributed by atoms with van der Waals surface area (Å²) >= 11 is 3.58. The van der Waals surface area contributed by atoms with E-state index in [1.807, 2.05) is 24.3 Å². The Labute approximate surface area is 179 Å². The summed E-state index contributed by atoms with van der Waals surface area (Å²) in [5, 5.41) is 0. The van der Waals surface area contributed by atoms with Crippen LogP contribution < -0.4 is 14.2 Å². The molecular formula is C23H25BrFNO3. The summed E-state index contributed by atoms with van der Waals surface area (Å²) in [4.78, 5) is 2.58. The van der Waals surface area contributed by atoms with Gasteiger partial charge in [-0.3, -0.25) is 0 Å². The number of nitrogens with zero attached hydrogens (tertiary/aromatic N) is 1. The molecule has 5 rings (SSSR count). The first-order chi connectivity index (χ1) is 14.2. The van der Waals surface area contributed by atoms with Gasteiger partial charge in [-0.1, -0.05) is 12.1 Å². The highest BCUT2D eigenvalue weighted by molar-refractivity contribution is 9.10. The molecule has 2 aliphatic heterocycles. The average Bonchev–Trinajstić information content (AvgIpc) is 3.42. The largest absolute Gasteiger partial charge is 0.492 e. The van der Waals surface area contributed by atoms with Gasteiger partial charge in [0, 0.05) is 31.1 Å². The van der Waals surface area contributed by atoms with Crippen molar-refractivity contribution in [3.05, 3.63) is 52.3 Å². The van der Waals surface area contributed by atoms with Crippen LogP contribution in [0, 0.1) is 17.7 Å². The molecule has 4 nitrogen and oxygen atoms in total. The van der Waals surface area contributed by atoms with Crippen molar-refractivity contribution < 1.29 is 18.6 Å². The van der Waals surface area contributed by atoms with Crippen molar-refractivity contribution in [2.45, 2.75) is 25.2 Å². The van der Waals surface area contributed by atoms with Gasteiger partial charge in [0.1, 0.15) is 11.6 Å². The number of benzene rings is 2. The van der Waals surface area contributed by atoms with Gasteiger partial charge in [-0.25, -0.2) is 4.39 Å². The summed E-state index contributed by atoms with van der Waals surface area (Å²) in [6.07, 6.45) is 3.81. The molecule has 2 fully saturated rings. The van der Waals surface area contributed by atoms with Gasteiger partial charge in [0.05, 0.1) is 11.1 Å². The molecule has 0 aromatic heterocycles. The van der Waals surface area contributed by atoms with Crippen LogP contribution in [0.4, 0.5) is 4.39 Å². The fourth-order valence-corrected chi connectivity index (χ4v) is 4.90. The molecule has 0 amide bonds. The Balaban J connectivity index is 1.32. The second kappa shape index (κ2) is 8.15. The Hall–Kier alpha value is -1.79. The van der Waals surface area contributed by atoms with Crippen LogP contribution in [0.1, 0.15) is 30.7 Å². The van der Waals surface area contributed by atoms with Crippen molar-refractivity contribution >= 4 is 15.9 Å². The molecule has 2 heterocycles. The van der Waals surface area contributed by atoms with Crippen molar-refractivity contribution in [2.24, 2.45) is 11.8 Å². The van der Waals surface area contributed by atoms with Crippen molar-refractivity contribution in [3.8, 4) is 17.2 Å². The Morgan fingerprint density at radius 1 is 1.07 bits per heavy atom. The van der Waals surface area contributed by atoms with Gasteiger partial charge < -0.3 is 19.1 Å². The van der Waals surface area contributed by atoms with Gasteiger partial charge in [-0.15, -0.1) is 0 Å². The zero-order chi connectivity index (χ0) is 19.8. The molecule has 0 spiro atoms. The molecule has 1 saturated carbocycles. The fraction of sp³-hybridized carbons (Fsp3) is 0.478. The van der Waals surface area contributed by atoms with E-state index in [0.29, 0.717) is 18.4 Å². The van der Waals surface area contributed by atoms with Crippen LogP contribution in [0.15, 0.2) is 40.9 Å². The van der Waals surface area contributed by atoms with Gasteiger partial charge in [0.2, 0.25) is 6.79 Å². The Bertz CT molecular complexity index is 871. The van der Waals surface area contributed by atoms with E-state index < -0.39 is 0 Å². The standard InChI is InChI=1S/C23H25BrFNO3/c24-20-9-22-23(29-14-28-22)10-21(20)27-13-17-12-26(11-15-1-2-15)8-7-19(17)16-3-5-18(25)6-4-16/h3-6,9-10,15,17,19H,1-2,7-8,11-14H2/t17-,19-/m0/s1. The van der Waals surface area contributed by atoms with Gasteiger partial charge in [-0.05, 0) is 71.3 Å². The van der Waals surface area contributed by atoms with Crippen LogP contribution >= 0.6 is 15.9 Å². The van der Waals surface area contributed by atoms with Gasteiger partial charge in [-0.2, -0.15) is 0 Å². The van der Waals surface area contributed by atoms with E-state index >= 15 is 0 Å². The van der Waals surface area contributed by atoms with Crippen LogP contribution in [0.3, 0.4) is 0 Å². The van der Waals surface area contributed by atoms with Crippen molar-refractivity contribution in [2.75, 3.05) is 33.0 Å². The minimum absolute atomic E-state index is 0.183. The Kier molecular flexibility index (Phi) is 5.39. The molecule has 3 aliphatic rings. The van der Waals surface area contributed by atoms with E-state index in [1.54, 1.807) is 12.1 Å². The fourth-order valence-electron chi connectivity index (χ4n) is 4.46. The highest BCUT2D eigenvalue weighted by Crippen LogP contribution is 2.42. The summed E-state index contributed by atoms with van der Waals surface area (Å²) < 4.78 is 31.5. The van der Waals surface area contributed by atoms with Crippen LogP contribution in [0.2, 0.25) is 0 Å². The predicted octanol–water partition coefficient (Wildman–Crippen LogP) is 5.21. The van der Waals surface area contributed by atoms with Gasteiger partial charge >= 0.3 is 0 Å². The minimum atomic E-state index is -0.183. The Morgan fingerprint density at radius 3 is 2.59 bits per heavy atom. The third kappa shape index (κ3) is 4.38. The minimum Gasteiger partial charge on any atom is -0.492 e. The zero-order valence-corrected chi connectivity index (χ0v) is 17.9. The molecule has 2 aromatic rings. The molecule has 1 aliphatic carbocycles. The molecule has 0 unspecified atom stereocenters. The molecule has 0 radical (unpaired) electrons. The molecule has 0 N–H and O–H groups in total. The lowest BCUT2D eigenvalue weighted by Gasteiger charge is -2.39. The van der Waals surface area contributed by atoms with Crippen LogP contribution in [0.25, 0.3) is 0 Å². The number of likely N-dealkylation sites (tertiary alicyclic amines) is 1. The smallest absolute Gasteiger partial charge is 0.231 e. The van der Waals surface area contributed by atoms with E-state index in [4.69, 9.17) is 14.2 Å². The van der Waals surface area contributed by atoms with Crippen molar-refractivity contribution in [1.29, 1.82) is 0 Å². The molecule has 0 bridgehead atoms. The summed E-state index contributed by atoms with van der Waals surface area (Å²) in [5.41, 5.74) is 1.20. The first kappa shape index (κ1) is 19.2. The monoisotopic (exact) mass is 461 g/mol.